The first-order chi connectivity index (χ1) is 9.08. The average Bonchev–Trinajstić information content (AvgIpc) is 2.40. The summed E-state index contributed by atoms with van der Waals surface area (Å²) in [7, 11) is 0. The summed E-state index contributed by atoms with van der Waals surface area (Å²) < 4.78 is 13.9. The molecule has 0 saturated carbocycles. The Morgan fingerprint density at radius 1 is 1.38 bits per heavy atom. The molecule has 0 radical (unpaired) electrons. The minimum atomic E-state index is -0.210. The topological polar surface area (TPSA) is 15.3 Å². The summed E-state index contributed by atoms with van der Waals surface area (Å²) in [5.41, 5.74) is 2.31. The Morgan fingerprint density at radius 2 is 2.00 bits per heavy atom. The van der Waals surface area contributed by atoms with Gasteiger partial charge in [0, 0.05) is 32.2 Å². The van der Waals surface area contributed by atoms with Crippen LogP contribution in [-0.4, -0.2) is 31.1 Å². The van der Waals surface area contributed by atoms with Gasteiger partial charge in [-0.1, -0.05) is 11.6 Å². The largest absolute Gasteiger partial charge is 0.314 e. The normalized spacial score (nSPS) is 16.5. The molecule has 0 bridgehead atoms. The Hall–Kier alpha value is -0.130. The molecule has 0 aromatic heterocycles. The maximum absolute atomic E-state index is 13.4. The molecule has 120 valence electrons. The maximum Gasteiger partial charge on any atom is 0.137 e. The smallest absolute Gasteiger partial charge is 0.137 e. The van der Waals surface area contributed by atoms with Crippen LogP contribution in [0.25, 0.3) is 0 Å². The van der Waals surface area contributed by atoms with Crippen molar-refractivity contribution in [3.63, 3.8) is 0 Å². The van der Waals surface area contributed by atoms with Gasteiger partial charge in [0.05, 0.1) is 4.47 Å². The molecule has 1 saturated heterocycles. The maximum atomic E-state index is 13.4. The van der Waals surface area contributed by atoms with Crippen molar-refractivity contribution >= 4 is 40.7 Å². The molecular weight excluding hydrogens is 378 g/mol. The minimum absolute atomic E-state index is 0. The van der Waals surface area contributed by atoms with E-state index >= 15 is 0 Å². The fourth-order valence-electron chi connectivity index (χ4n) is 2.50. The van der Waals surface area contributed by atoms with Crippen LogP contribution < -0.4 is 5.32 Å². The third kappa shape index (κ3) is 5.87. The zero-order chi connectivity index (χ0) is 13.8. The van der Waals surface area contributed by atoms with E-state index < -0.39 is 0 Å². The molecule has 1 N–H and O–H groups in total. The molecule has 21 heavy (non-hydrogen) atoms. The van der Waals surface area contributed by atoms with Gasteiger partial charge >= 0.3 is 0 Å². The van der Waals surface area contributed by atoms with Gasteiger partial charge in [0.1, 0.15) is 5.82 Å². The van der Waals surface area contributed by atoms with Gasteiger partial charge in [-0.05, 0) is 47.0 Å². The SMILES string of the molecule is C=C(C)C[C@@H](c1ccc(F)c(Br)c1)N1CCNCC1.Cl.Cl. The van der Waals surface area contributed by atoms with Crippen LogP contribution in [0.2, 0.25) is 0 Å². The molecule has 2 nitrogen and oxygen atoms in total. The molecular formula is C15H22BrCl2FN2. The van der Waals surface area contributed by atoms with Crippen molar-refractivity contribution in [2.45, 2.75) is 19.4 Å². The summed E-state index contributed by atoms with van der Waals surface area (Å²) in [5.74, 6) is -0.210. The molecule has 0 aliphatic carbocycles. The molecule has 0 unspecified atom stereocenters. The van der Waals surface area contributed by atoms with Crippen LogP contribution in [-0.2, 0) is 0 Å². The van der Waals surface area contributed by atoms with Gasteiger partial charge in [-0.25, -0.2) is 4.39 Å². The van der Waals surface area contributed by atoms with E-state index in [1.807, 2.05) is 19.1 Å². The van der Waals surface area contributed by atoms with E-state index in [1.165, 1.54) is 6.07 Å². The van der Waals surface area contributed by atoms with Gasteiger partial charge in [0.2, 0.25) is 0 Å². The summed E-state index contributed by atoms with van der Waals surface area (Å²) in [5, 5.41) is 3.36. The Balaban J connectivity index is 0.00000200. The monoisotopic (exact) mass is 398 g/mol. The number of nitrogens with one attached hydrogen (secondary N) is 1. The minimum Gasteiger partial charge on any atom is -0.314 e. The molecule has 6 heteroatoms. The molecule has 1 heterocycles. The van der Waals surface area contributed by atoms with E-state index in [2.05, 4.69) is 32.7 Å². The first kappa shape index (κ1) is 20.9. The highest BCUT2D eigenvalue weighted by atomic mass is 79.9. The van der Waals surface area contributed by atoms with E-state index in [4.69, 9.17) is 0 Å². The van der Waals surface area contributed by atoms with Gasteiger partial charge in [-0.2, -0.15) is 0 Å². The standard InChI is InChI=1S/C15H20BrFN2.2ClH/c1-11(2)9-15(19-7-5-18-6-8-19)12-3-4-14(17)13(16)10-12;;/h3-4,10,15,18H,1,5-9H2,2H3;2*1H/t15-;;/m0../s1. The summed E-state index contributed by atoms with van der Waals surface area (Å²) in [6.45, 7) is 10.1. The van der Waals surface area contributed by atoms with Gasteiger partial charge in [0.25, 0.3) is 0 Å². The van der Waals surface area contributed by atoms with E-state index in [0.717, 1.165) is 43.7 Å². The second-order valence-corrected chi connectivity index (χ2v) is 5.99. The lowest BCUT2D eigenvalue weighted by Crippen LogP contribution is -2.45. The zero-order valence-corrected chi connectivity index (χ0v) is 15.3. The fraction of sp³-hybridized carbons (Fsp3) is 0.467. The Kier molecular flexibility index (Phi) is 9.74. The molecule has 0 amide bonds. The molecule has 1 fully saturated rings. The number of rotatable bonds is 4. The fourth-order valence-corrected chi connectivity index (χ4v) is 2.90. The van der Waals surface area contributed by atoms with Crippen molar-refractivity contribution in [1.82, 2.24) is 10.2 Å². The first-order valence-electron chi connectivity index (χ1n) is 6.62. The lowest BCUT2D eigenvalue weighted by molar-refractivity contribution is 0.172. The van der Waals surface area contributed by atoms with Crippen LogP contribution in [0.5, 0.6) is 0 Å². The van der Waals surface area contributed by atoms with Crippen LogP contribution in [0.4, 0.5) is 4.39 Å². The summed E-state index contributed by atoms with van der Waals surface area (Å²) in [4.78, 5) is 2.45. The number of hydrogen-bond donors (Lipinski definition) is 1. The Bertz CT molecular complexity index is 465. The van der Waals surface area contributed by atoms with Crippen LogP contribution in [0.15, 0.2) is 34.8 Å². The predicted octanol–water partition coefficient (Wildman–Crippen LogP) is 4.34. The number of piperazine rings is 1. The van der Waals surface area contributed by atoms with Crippen molar-refractivity contribution < 1.29 is 4.39 Å². The summed E-state index contributed by atoms with van der Waals surface area (Å²) in [6, 6.07) is 5.60. The number of halogens is 4. The molecule has 1 aromatic carbocycles. The zero-order valence-electron chi connectivity index (χ0n) is 12.1. The summed E-state index contributed by atoms with van der Waals surface area (Å²) >= 11 is 3.28. The van der Waals surface area contributed by atoms with E-state index in [9.17, 15) is 4.39 Å². The number of hydrogen-bond acceptors (Lipinski definition) is 2. The Labute approximate surface area is 147 Å². The van der Waals surface area contributed by atoms with E-state index in [-0.39, 0.29) is 36.7 Å². The molecule has 1 atom stereocenters. The van der Waals surface area contributed by atoms with Crippen molar-refractivity contribution in [3.05, 3.63) is 46.2 Å². The second kappa shape index (κ2) is 9.80. The van der Waals surface area contributed by atoms with Crippen molar-refractivity contribution in [2.24, 2.45) is 0 Å². The lowest BCUT2D eigenvalue weighted by atomic mass is 9.98. The van der Waals surface area contributed by atoms with E-state index in [0.29, 0.717) is 4.47 Å². The van der Waals surface area contributed by atoms with E-state index in [1.54, 1.807) is 0 Å². The van der Waals surface area contributed by atoms with Crippen LogP contribution in [0.3, 0.4) is 0 Å². The van der Waals surface area contributed by atoms with Crippen LogP contribution in [0.1, 0.15) is 24.9 Å². The van der Waals surface area contributed by atoms with Gasteiger partial charge in [-0.15, -0.1) is 31.4 Å². The third-order valence-corrected chi connectivity index (χ3v) is 4.07. The van der Waals surface area contributed by atoms with Crippen LogP contribution >= 0.6 is 40.7 Å². The highest BCUT2D eigenvalue weighted by molar-refractivity contribution is 9.10. The summed E-state index contributed by atoms with van der Waals surface area (Å²) in [6.07, 6.45) is 0.915. The number of nitrogens with zero attached hydrogens (tertiary/aromatic N) is 1. The molecule has 0 spiro atoms. The first-order valence-corrected chi connectivity index (χ1v) is 7.41. The highest BCUT2D eigenvalue weighted by Gasteiger charge is 2.22. The average molecular weight is 400 g/mol. The molecule has 2 rings (SSSR count). The number of benzene rings is 1. The molecule has 1 aromatic rings. The molecule has 1 aliphatic rings. The second-order valence-electron chi connectivity index (χ2n) is 5.14. The van der Waals surface area contributed by atoms with Crippen molar-refractivity contribution in [2.75, 3.05) is 26.2 Å². The lowest BCUT2D eigenvalue weighted by Gasteiger charge is -2.35. The van der Waals surface area contributed by atoms with Crippen molar-refractivity contribution in [1.29, 1.82) is 0 Å². The predicted molar refractivity (Wildman–Crippen MR) is 95.2 cm³/mol. The third-order valence-electron chi connectivity index (χ3n) is 3.46. The quantitative estimate of drug-likeness (QED) is 0.757. The Morgan fingerprint density at radius 3 is 2.52 bits per heavy atom. The van der Waals surface area contributed by atoms with Gasteiger partial charge < -0.3 is 5.32 Å². The van der Waals surface area contributed by atoms with Gasteiger partial charge in [-0.3, -0.25) is 4.90 Å². The van der Waals surface area contributed by atoms with Crippen molar-refractivity contribution in [3.8, 4) is 0 Å². The van der Waals surface area contributed by atoms with Gasteiger partial charge in [0.15, 0.2) is 0 Å². The molecule has 1 aliphatic heterocycles. The van der Waals surface area contributed by atoms with Crippen LogP contribution in [0, 0.1) is 5.82 Å². The highest BCUT2D eigenvalue weighted by Crippen LogP contribution is 2.30.